The first-order valence-electron chi connectivity index (χ1n) is 8.09. The first-order valence-corrected chi connectivity index (χ1v) is 8.09. The largest absolute Gasteiger partial charge is 0.373 e. The van der Waals surface area contributed by atoms with Crippen molar-refractivity contribution in [3.63, 3.8) is 0 Å². The highest BCUT2D eigenvalue weighted by atomic mass is 16.5. The van der Waals surface area contributed by atoms with Crippen LogP contribution in [0.3, 0.4) is 0 Å². The van der Waals surface area contributed by atoms with Crippen LogP contribution in [0.1, 0.15) is 25.5 Å². The quantitative estimate of drug-likeness (QED) is 0.726. The van der Waals surface area contributed by atoms with Gasteiger partial charge in [-0.1, -0.05) is 12.1 Å². The predicted molar refractivity (Wildman–Crippen MR) is 88.3 cm³/mol. The van der Waals surface area contributed by atoms with Crippen molar-refractivity contribution in [1.29, 1.82) is 0 Å². The molecule has 6 nitrogen and oxygen atoms in total. The van der Waals surface area contributed by atoms with Gasteiger partial charge in [-0.15, -0.1) is 10.2 Å². The normalized spacial score (nSPS) is 22.9. The minimum Gasteiger partial charge on any atom is -0.373 e. The highest BCUT2D eigenvalue weighted by molar-refractivity contribution is 5.91. The number of fused-ring (bicyclic) bond motifs is 3. The Morgan fingerprint density at radius 1 is 1.13 bits per heavy atom. The second kappa shape index (κ2) is 5.54. The van der Waals surface area contributed by atoms with Gasteiger partial charge in [0.15, 0.2) is 11.5 Å². The van der Waals surface area contributed by atoms with Crippen LogP contribution >= 0.6 is 0 Å². The zero-order valence-corrected chi connectivity index (χ0v) is 13.7. The van der Waals surface area contributed by atoms with E-state index < -0.39 is 0 Å². The molecule has 1 aliphatic heterocycles. The van der Waals surface area contributed by atoms with E-state index in [1.54, 1.807) is 0 Å². The van der Waals surface area contributed by atoms with Gasteiger partial charge in [0.1, 0.15) is 5.82 Å². The number of para-hydroxylation sites is 1. The molecule has 0 bridgehead atoms. The second-order valence-electron chi connectivity index (χ2n) is 6.40. The molecule has 0 N–H and O–H groups in total. The molecule has 1 aromatic carbocycles. The Bertz CT molecular complexity index is 849. The summed E-state index contributed by atoms with van der Waals surface area (Å²) in [5.41, 5.74) is 1.85. The Kier molecular flexibility index (Phi) is 3.50. The number of ether oxygens (including phenoxy) is 1. The molecule has 3 aromatic rings. The number of rotatable bonds is 2. The van der Waals surface area contributed by atoms with Crippen LogP contribution in [0, 0.1) is 6.92 Å². The molecule has 3 heterocycles. The van der Waals surface area contributed by atoms with E-state index in [0.717, 1.165) is 47.8 Å². The minimum absolute atomic E-state index is 0.248. The van der Waals surface area contributed by atoms with Gasteiger partial charge in [-0.05, 0) is 32.9 Å². The van der Waals surface area contributed by atoms with E-state index in [0.29, 0.717) is 0 Å². The Hall–Kier alpha value is -2.05. The predicted octanol–water partition coefficient (Wildman–Crippen LogP) is 2.20. The number of hydrogen-bond donors (Lipinski definition) is 0. The molecule has 0 aliphatic carbocycles. The molecule has 1 saturated heterocycles. The maximum Gasteiger partial charge on any atom is 0.171 e. The third kappa shape index (κ3) is 2.58. The maximum atomic E-state index is 5.81. The fraction of sp³-hybridized carbons (Fsp3) is 0.471. The van der Waals surface area contributed by atoms with Crippen LogP contribution in [-0.4, -0.2) is 49.8 Å². The summed E-state index contributed by atoms with van der Waals surface area (Å²) in [7, 11) is 0. The van der Waals surface area contributed by atoms with Gasteiger partial charge in [0.05, 0.1) is 24.3 Å². The van der Waals surface area contributed by atoms with E-state index >= 15 is 0 Å². The zero-order chi connectivity index (χ0) is 16.0. The van der Waals surface area contributed by atoms with E-state index in [1.165, 1.54) is 0 Å². The SMILES string of the molecule is Cc1nc2ccccc2c2nnc(CN3C[C@@H](C)O[C@@H](C)C3)n12. The summed E-state index contributed by atoms with van der Waals surface area (Å²) in [6.45, 7) is 8.84. The Morgan fingerprint density at radius 3 is 2.65 bits per heavy atom. The Morgan fingerprint density at radius 2 is 1.87 bits per heavy atom. The molecule has 0 saturated carbocycles. The number of hydrogen-bond acceptors (Lipinski definition) is 5. The van der Waals surface area contributed by atoms with Gasteiger partial charge in [-0.3, -0.25) is 9.30 Å². The van der Waals surface area contributed by atoms with E-state index in [1.807, 2.05) is 25.1 Å². The van der Waals surface area contributed by atoms with Gasteiger partial charge < -0.3 is 4.74 Å². The number of nitrogens with zero attached hydrogens (tertiary/aromatic N) is 5. The lowest BCUT2D eigenvalue weighted by Gasteiger charge is -2.34. The van der Waals surface area contributed by atoms with E-state index in [9.17, 15) is 0 Å². The fourth-order valence-electron chi connectivity index (χ4n) is 3.53. The first kappa shape index (κ1) is 14.5. The van der Waals surface area contributed by atoms with Crippen LogP contribution in [0.25, 0.3) is 16.6 Å². The maximum absolute atomic E-state index is 5.81. The molecule has 4 rings (SSSR count). The van der Waals surface area contributed by atoms with Crippen molar-refractivity contribution in [3.05, 3.63) is 35.9 Å². The molecule has 120 valence electrons. The van der Waals surface area contributed by atoms with Crippen molar-refractivity contribution >= 4 is 16.6 Å². The average Bonchev–Trinajstić information content (AvgIpc) is 2.91. The summed E-state index contributed by atoms with van der Waals surface area (Å²) in [4.78, 5) is 7.08. The molecule has 6 heteroatoms. The van der Waals surface area contributed by atoms with Crippen molar-refractivity contribution in [2.75, 3.05) is 13.1 Å². The van der Waals surface area contributed by atoms with Gasteiger partial charge in [0.2, 0.25) is 0 Å². The first-order chi connectivity index (χ1) is 11.1. The van der Waals surface area contributed by atoms with Crippen molar-refractivity contribution in [1.82, 2.24) is 24.5 Å². The summed E-state index contributed by atoms with van der Waals surface area (Å²) >= 11 is 0. The minimum atomic E-state index is 0.248. The van der Waals surface area contributed by atoms with Crippen LogP contribution in [0.5, 0.6) is 0 Å². The van der Waals surface area contributed by atoms with Crippen molar-refractivity contribution in [2.45, 2.75) is 39.5 Å². The van der Waals surface area contributed by atoms with Crippen molar-refractivity contribution in [2.24, 2.45) is 0 Å². The molecule has 2 aromatic heterocycles. The number of benzene rings is 1. The molecular weight excluding hydrogens is 290 g/mol. The van der Waals surface area contributed by atoms with Crippen LogP contribution in [0.15, 0.2) is 24.3 Å². The number of morpholine rings is 1. The van der Waals surface area contributed by atoms with Gasteiger partial charge in [0, 0.05) is 18.5 Å². The number of aromatic nitrogens is 4. The van der Waals surface area contributed by atoms with Crippen LogP contribution in [0.2, 0.25) is 0 Å². The summed E-state index contributed by atoms with van der Waals surface area (Å²) < 4.78 is 7.88. The number of aryl methyl sites for hydroxylation is 1. The standard InChI is InChI=1S/C17H21N5O/c1-11-8-21(9-12(2)23-11)10-16-19-20-17-14-6-4-5-7-15(14)18-13(3)22(16)17/h4-7,11-12H,8-10H2,1-3H3/t11-,12+. The van der Waals surface area contributed by atoms with E-state index in [2.05, 4.69) is 39.4 Å². The van der Waals surface area contributed by atoms with Crippen molar-refractivity contribution in [3.8, 4) is 0 Å². The summed E-state index contributed by atoms with van der Waals surface area (Å²) in [6, 6.07) is 8.08. The fourth-order valence-corrected chi connectivity index (χ4v) is 3.53. The van der Waals surface area contributed by atoms with Crippen LogP contribution in [-0.2, 0) is 11.3 Å². The highest BCUT2D eigenvalue weighted by Gasteiger charge is 2.24. The molecule has 0 spiro atoms. The summed E-state index contributed by atoms with van der Waals surface area (Å²) in [5, 5.41) is 9.91. The molecule has 0 amide bonds. The third-order valence-electron chi connectivity index (χ3n) is 4.34. The third-order valence-corrected chi connectivity index (χ3v) is 4.34. The highest BCUT2D eigenvalue weighted by Crippen LogP contribution is 2.20. The molecule has 0 unspecified atom stereocenters. The van der Waals surface area contributed by atoms with Gasteiger partial charge in [-0.2, -0.15) is 0 Å². The lowest BCUT2D eigenvalue weighted by molar-refractivity contribution is -0.0711. The van der Waals surface area contributed by atoms with Gasteiger partial charge in [0.25, 0.3) is 0 Å². The Labute approximate surface area is 135 Å². The zero-order valence-electron chi connectivity index (χ0n) is 13.7. The molecule has 2 atom stereocenters. The lowest BCUT2D eigenvalue weighted by atomic mass is 10.2. The smallest absolute Gasteiger partial charge is 0.171 e. The molecule has 0 radical (unpaired) electrons. The second-order valence-corrected chi connectivity index (χ2v) is 6.40. The van der Waals surface area contributed by atoms with E-state index in [4.69, 9.17) is 9.72 Å². The summed E-state index contributed by atoms with van der Waals surface area (Å²) in [6.07, 6.45) is 0.496. The molecule has 23 heavy (non-hydrogen) atoms. The molecule has 1 aliphatic rings. The van der Waals surface area contributed by atoms with Crippen LogP contribution in [0.4, 0.5) is 0 Å². The topological polar surface area (TPSA) is 55.5 Å². The van der Waals surface area contributed by atoms with Gasteiger partial charge in [-0.25, -0.2) is 4.98 Å². The van der Waals surface area contributed by atoms with Gasteiger partial charge >= 0.3 is 0 Å². The average molecular weight is 311 g/mol. The van der Waals surface area contributed by atoms with Crippen molar-refractivity contribution < 1.29 is 4.74 Å². The lowest BCUT2D eigenvalue weighted by Crippen LogP contribution is -2.45. The summed E-state index contributed by atoms with van der Waals surface area (Å²) in [5.74, 6) is 1.87. The molecule has 1 fully saturated rings. The molecular formula is C17H21N5O. The van der Waals surface area contributed by atoms with Crippen LogP contribution < -0.4 is 0 Å². The monoisotopic (exact) mass is 311 g/mol. The van der Waals surface area contributed by atoms with E-state index in [-0.39, 0.29) is 12.2 Å². The Balaban J connectivity index is 1.75.